The van der Waals surface area contributed by atoms with Gasteiger partial charge in [0, 0.05) is 0 Å². The summed E-state index contributed by atoms with van der Waals surface area (Å²) >= 11 is 0. The highest BCUT2D eigenvalue weighted by Gasteiger charge is 2.12. The van der Waals surface area contributed by atoms with E-state index in [2.05, 4.69) is 39.7 Å². The van der Waals surface area contributed by atoms with E-state index in [0.29, 0.717) is 5.31 Å². The Bertz CT molecular complexity index is 63.4. The lowest BCUT2D eigenvalue weighted by molar-refractivity contribution is 0.601. The van der Waals surface area contributed by atoms with Crippen molar-refractivity contribution < 1.29 is 0 Å². The van der Waals surface area contributed by atoms with Crippen molar-refractivity contribution in [1.82, 2.24) is 4.81 Å². The van der Waals surface area contributed by atoms with E-state index in [1.54, 1.807) is 0 Å². The molecule has 0 aliphatic carbocycles. The molecule has 8 heavy (non-hydrogen) atoms. The van der Waals surface area contributed by atoms with Crippen molar-refractivity contribution in [3.05, 3.63) is 0 Å². The maximum atomic E-state index is 2.24. The van der Waals surface area contributed by atoms with Crippen LogP contribution < -0.4 is 0 Å². The summed E-state index contributed by atoms with van der Waals surface area (Å²) in [4.78, 5) is 2.21. The second-order valence-electron chi connectivity index (χ2n) is 3.80. The van der Waals surface area contributed by atoms with Gasteiger partial charge in [-0.3, -0.25) is 0 Å². The van der Waals surface area contributed by atoms with Gasteiger partial charge in [-0.05, 0) is 19.4 Å². The van der Waals surface area contributed by atoms with E-state index >= 15 is 0 Å². The highest BCUT2D eigenvalue weighted by Crippen LogP contribution is 2.19. The quantitative estimate of drug-likeness (QED) is 0.460. The predicted octanol–water partition coefficient (Wildman–Crippen LogP) is 1.12. The van der Waals surface area contributed by atoms with E-state index in [4.69, 9.17) is 0 Å². The van der Waals surface area contributed by atoms with Crippen LogP contribution >= 0.6 is 0 Å². The van der Waals surface area contributed by atoms with Crippen LogP contribution in [0.15, 0.2) is 0 Å². The molecule has 0 bridgehead atoms. The van der Waals surface area contributed by atoms with Crippen molar-refractivity contribution >= 4 is 7.41 Å². The SMILES string of the molecule is CN(C)BC(C)(C)C. The Hall–Kier alpha value is 0.0249. The topological polar surface area (TPSA) is 3.24 Å². The van der Waals surface area contributed by atoms with E-state index in [1.165, 1.54) is 0 Å². The summed E-state index contributed by atoms with van der Waals surface area (Å²) in [7, 11) is 5.36. The van der Waals surface area contributed by atoms with Gasteiger partial charge >= 0.3 is 0 Å². The fourth-order valence-corrected chi connectivity index (χ4v) is 0.949. The highest BCUT2D eigenvalue weighted by atomic mass is 15.0. The number of hydrogen-bond donors (Lipinski definition) is 0. The lowest BCUT2D eigenvalue weighted by atomic mass is 9.63. The minimum atomic E-state index is 0.448. The van der Waals surface area contributed by atoms with E-state index in [9.17, 15) is 0 Å². The lowest BCUT2D eigenvalue weighted by Crippen LogP contribution is -2.25. The van der Waals surface area contributed by atoms with Gasteiger partial charge in [0.15, 0.2) is 0 Å². The molecular formula is C6H16BN. The third-order valence-electron chi connectivity index (χ3n) is 0.791. The molecule has 0 rings (SSSR count). The van der Waals surface area contributed by atoms with Crippen LogP contribution in [0, 0.1) is 0 Å². The van der Waals surface area contributed by atoms with Gasteiger partial charge in [0.05, 0.1) is 0 Å². The Morgan fingerprint density at radius 2 is 1.50 bits per heavy atom. The fraction of sp³-hybridized carbons (Fsp3) is 1.00. The highest BCUT2D eigenvalue weighted by molar-refractivity contribution is 6.35. The van der Waals surface area contributed by atoms with Crippen LogP contribution in [-0.4, -0.2) is 26.3 Å². The molecule has 2 heteroatoms. The molecule has 0 aromatic heterocycles. The maximum absolute atomic E-state index is 2.24. The van der Waals surface area contributed by atoms with Gasteiger partial charge in [-0.2, -0.15) is 0 Å². The van der Waals surface area contributed by atoms with Crippen molar-refractivity contribution in [2.45, 2.75) is 26.1 Å². The molecule has 48 valence electrons. The molecule has 0 heterocycles. The Balaban J connectivity index is 3.39. The first kappa shape index (κ1) is 8.02. The van der Waals surface area contributed by atoms with Gasteiger partial charge in [-0.15, -0.1) is 0 Å². The van der Waals surface area contributed by atoms with Crippen LogP contribution in [0.4, 0.5) is 0 Å². The molecule has 0 aromatic rings. The molecule has 0 saturated heterocycles. The van der Waals surface area contributed by atoms with Crippen molar-refractivity contribution in [1.29, 1.82) is 0 Å². The first-order chi connectivity index (χ1) is 3.42. The van der Waals surface area contributed by atoms with Crippen LogP contribution in [0.25, 0.3) is 0 Å². The molecule has 0 atom stereocenters. The maximum Gasteiger partial charge on any atom is 0.209 e. The molecule has 0 radical (unpaired) electrons. The standard InChI is InChI=1S/C6H16BN/c1-6(2,3)7-8(4)5/h7H,1-5H3. The van der Waals surface area contributed by atoms with Crippen LogP contribution in [0.3, 0.4) is 0 Å². The van der Waals surface area contributed by atoms with Crippen molar-refractivity contribution in [2.75, 3.05) is 14.1 Å². The predicted molar refractivity (Wildman–Crippen MR) is 40.6 cm³/mol. The summed E-state index contributed by atoms with van der Waals surface area (Å²) in [5, 5.41) is 0.448. The first-order valence-corrected chi connectivity index (χ1v) is 3.06. The number of nitrogens with zero attached hydrogens (tertiary/aromatic N) is 1. The Morgan fingerprint density at radius 3 is 1.50 bits per heavy atom. The van der Waals surface area contributed by atoms with Gasteiger partial charge in [0.25, 0.3) is 0 Å². The normalized spacial score (nSPS) is 12.2. The number of hydrogen-bond acceptors (Lipinski definition) is 1. The Kier molecular flexibility index (Phi) is 2.55. The zero-order chi connectivity index (χ0) is 6.78. The lowest BCUT2D eigenvalue weighted by Gasteiger charge is -2.20. The molecule has 0 unspecified atom stereocenters. The molecule has 0 N–H and O–H groups in total. The minimum absolute atomic E-state index is 0.448. The molecule has 0 amide bonds. The van der Waals surface area contributed by atoms with Crippen molar-refractivity contribution in [3.63, 3.8) is 0 Å². The fourth-order valence-electron chi connectivity index (χ4n) is 0.949. The first-order valence-electron chi connectivity index (χ1n) is 3.06. The summed E-state index contributed by atoms with van der Waals surface area (Å²) in [5.74, 6) is 0. The van der Waals surface area contributed by atoms with Gasteiger partial charge in [-0.25, -0.2) is 0 Å². The Labute approximate surface area is 53.3 Å². The molecule has 1 nitrogen and oxygen atoms in total. The monoisotopic (exact) mass is 113 g/mol. The summed E-state index contributed by atoms with van der Waals surface area (Å²) in [6.07, 6.45) is 0. The molecule has 0 aromatic carbocycles. The van der Waals surface area contributed by atoms with Crippen LogP contribution in [-0.2, 0) is 0 Å². The van der Waals surface area contributed by atoms with E-state index in [-0.39, 0.29) is 0 Å². The van der Waals surface area contributed by atoms with E-state index in [1.807, 2.05) is 0 Å². The van der Waals surface area contributed by atoms with Crippen molar-refractivity contribution in [2.24, 2.45) is 0 Å². The summed E-state index contributed by atoms with van der Waals surface area (Å²) in [6, 6.07) is 0. The third kappa shape index (κ3) is 6.02. The van der Waals surface area contributed by atoms with E-state index in [0.717, 1.165) is 7.41 Å². The van der Waals surface area contributed by atoms with E-state index < -0.39 is 0 Å². The molecule has 0 aliphatic rings. The Morgan fingerprint density at radius 1 is 1.12 bits per heavy atom. The van der Waals surface area contributed by atoms with Gasteiger partial charge < -0.3 is 4.81 Å². The zero-order valence-electron chi connectivity index (χ0n) is 6.65. The summed E-state index contributed by atoms with van der Waals surface area (Å²) in [6.45, 7) is 6.73. The van der Waals surface area contributed by atoms with Gasteiger partial charge in [-0.1, -0.05) is 20.8 Å². The average Bonchev–Trinajstić information content (AvgIpc) is 1.21. The minimum Gasteiger partial charge on any atom is -0.350 e. The van der Waals surface area contributed by atoms with Gasteiger partial charge in [0.2, 0.25) is 7.41 Å². The molecule has 0 spiro atoms. The van der Waals surface area contributed by atoms with Crippen molar-refractivity contribution in [3.8, 4) is 0 Å². The average molecular weight is 113 g/mol. The van der Waals surface area contributed by atoms with Gasteiger partial charge in [0.1, 0.15) is 0 Å². The summed E-state index contributed by atoms with van der Waals surface area (Å²) in [5.41, 5.74) is 0. The molecular weight excluding hydrogens is 96.9 g/mol. The van der Waals surface area contributed by atoms with Crippen LogP contribution in [0.2, 0.25) is 5.31 Å². The molecule has 0 aliphatic heterocycles. The molecule has 0 saturated carbocycles. The molecule has 0 fully saturated rings. The number of rotatable bonds is 1. The largest absolute Gasteiger partial charge is 0.350 e. The smallest absolute Gasteiger partial charge is 0.209 e. The van der Waals surface area contributed by atoms with Crippen LogP contribution in [0.5, 0.6) is 0 Å². The third-order valence-corrected chi connectivity index (χ3v) is 0.791. The second kappa shape index (κ2) is 2.54. The second-order valence-corrected chi connectivity index (χ2v) is 3.80. The summed E-state index contributed by atoms with van der Waals surface area (Å²) < 4.78 is 0. The van der Waals surface area contributed by atoms with Crippen LogP contribution in [0.1, 0.15) is 20.8 Å². The zero-order valence-corrected chi connectivity index (χ0v) is 6.65.